The van der Waals surface area contributed by atoms with Crippen LogP contribution in [-0.4, -0.2) is 22.1 Å². The van der Waals surface area contributed by atoms with E-state index in [0.29, 0.717) is 12.6 Å². The van der Waals surface area contributed by atoms with E-state index < -0.39 is 12.2 Å². The molecule has 1 unspecified atom stereocenters. The second kappa shape index (κ2) is 4.61. The monoisotopic (exact) mass is 204 g/mol. The Morgan fingerprint density at radius 3 is 2.40 bits per heavy atom. The third kappa shape index (κ3) is 5.55. The summed E-state index contributed by atoms with van der Waals surface area (Å²) in [4.78, 5) is 8.49. The van der Waals surface area contributed by atoms with Gasteiger partial charge in [-0.05, 0) is 6.42 Å². The molecule has 62 valence electrons. The Hall–Kier alpha value is 0.770. The molecule has 0 bridgehead atoms. The van der Waals surface area contributed by atoms with Gasteiger partial charge < -0.3 is 4.89 Å². The molecule has 0 amide bonds. The van der Waals surface area contributed by atoms with E-state index in [4.69, 9.17) is 28.1 Å². The van der Waals surface area contributed by atoms with E-state index in [-0.39, 0.29) is 6.16 Å². The maximum atomic E-state index is 10.9. The van der Waals surface area contributed by atoms with Crippen LogP contribution in [0.15, 0.2) is 0 Å². The predicted octanol–water partition coefficient (Wildman–Crippen LogP) is 2.47. The first-order valence-electron chi connectivity index (χ1n) is 3.07. The van der Waals surface area contributed by atoms with E-state index in [9.17, 15) is 4.57 Å². The Kier molecular flexibility index (Phi) is 4.96. The van der Waals surface area contributed by atoms with Crippen molar-refractivity contribution < 1.29 is 9.46 Å². The molecule has 0 fully saturated rings. The fourth-order valence-electron chi connectivity index (χ4n) is 0.457. The Labute approximate surface area is 71.0 Å². The Morgan fingerprint density at radius 2 is 2.10 bits per heavy atom. The van der Waals surface area contributed by atoms with Crippen LogP contribution in [0.3, 0.4) is 0 Å². The van der Waals surface area contributed by atoms with Gasteiger partial charge in [0.1, 0.15) is 4.84 Å². The molecule has 0 aromatic heterocycles. The molecule has 0 spiro atoms. The summed E-state index contributed by atoms with van der Waals surface area (Å²) in [5, 5.41) is 0. The molecule has 0 saturated heterocycles. The van der Waals surface area contributed by atoms with Crippen molar-refractivity contribution in [2.45, 2.75) is 18.2 Å². The first kappa shape index (κ1) is 10.8. The van der Waals surface area contributed by atoms with Crippen LogP contribution in [0.2, 0.25) is 0 Å². The number of alkyl halides is 2. The molecule has 0 aromatic rings. The van der Waals surface area contributed by atoms with Gasteiger partial charge in [0.2, 0.25) is 0 Å². The van der Waals surface area contributed by atoms with Gasteiger partial charge in [-0.3, -0.25) is 4.57 Å². The number of rotatable bonds is 4. The summed E-state index contributed by atoms with van der Waals surface area (Å²) < 4.78 is 10.9. The van der Waals surface area contributed by atoms with Gasteiger partial charge in [0, 0.05) is 12.3 Å². The van der Waals surface area contributed by atoms with Gasteiger partial charge in [-0.15, -0.1) is 23.2 Å². The lowest BCUT2D eigenvalue weighted by atomic mass is 10.6. The zero-order valence-corrected chi connectivity index (χ0v) is 8.16. The van der Waals surface area contributed by atoms with Crippen LogP contribution < -0.4 is 0 Å². The summed E-state index contributed by atoms with van der Waals surface area (Å²) in [6, 6.07) is 0. The quantitative estimate of drug-likeness (QED) is 0.565. The van der Waals surface area contributed by atoms with Crippen LogP contribution in [-0.2, 0) is 4.57 Å². The van der Waals surface area contributed by atoms with Crippen molar-refractivity contribution in [1.29, 1.82) is 0 Å². The van der Waals surface area contributed by atoms with Gasteiger partial charge in [-0.25, -0.2) is 0 Å². The predicted molar refractivity (Wildman–Crippen MR) is 45.3 cm³/mol. The summed E-state index contributed by atoms with van der Waals surface area (Å²) in [5.74, 6) is 0. The molecule has 0 radical (unpaired) electrons. The topological polar surface area (TPSA) is 37.3 Å². The van der Waals surface area contributed by atoms with Crippen LogP contribution in [0.5, 0.6) is 0 Å². The van der Waals surface area contributed by atoms with E-state index in [1.807, 2.05) is 0 Å². The van der Waals surface area contributed by atoms with Gasteiger partial charge >= 0.3 is 0 Å². The van der Waals surface area contributed by atoms with Crippen LogP contribution in [0.25, 0.3) is 0 Å². The second-order valence-corrected chi connectivity index (χ2v) is 6.12. The van der Waals surface area contributed by atoms with E-state index in [1.165, 1.54) is 0 Å². The average Bonchev–Trinajstić information content (AvgIpc) is 1.85. The maximum absolute atomic E-state index is 10.9. The number of hydrogen-bond acceptors (Lipinski definition) is 1. The van der Waals surface area contributed by atoms with Crippen LogP contribution in [0.1, 0.15) is 13.3 Å². The highest BCUT2D eigenvalue weighted by Crippen LogP contribution is 2.41. The summed E-state index contributed by atoms with van der Waals surface area (Å²) in [6.45, 7) is 1.68. The highest BCUT2D eigenvalue weighted by molar-refractivity contribution is 7.57. The van der Waals surface area contributed by atoms with Crippen molar-refractivity contribution in [2.24, 2.45) is 0 Å². The van der Waals surface area contributed by atoms with E-state index in [2.05, 4.69) is 0 Å². The van der Waals surface area contributed by atoms with E-state index in [0.717, 1.165) is 0 Å². The highest BCUT2D eigenvalue weighted by atomic mass is 35.5. The molecule has 10 heavy (non-hydrogen) atoms. The molecule has 0 aliphatic heterocycles. The molecule has 0 heterocycles. The first-order valence-corrected chi connectivity index (χ1v) is 5.97. The van der Waals surface area contributed by atoms with Crippen LogP contribution in [0.4, 0.5) is 0 Å². The molecule has 0 aromatic carbocycles. The molecule has 0 aliphatic carbocycles. The first-order chi connectivity index (χ1) is 4.48. The zero-order valence-electron chi connectivity index (χ0n) is 5.76. The minimum atomic E-state index is -2.90. The number of hydrogen-bond donors (Lipinski definition) is 1. The van der Waals surface area contributed by atoms with Crippen LogP contribution >= 0.6 is 30.6 Å². The van der Waals surface area contributed by atoms with E-state index in [1.54, 1.807) is 6.92 Å². The zero-order chi connectivity index (χ0) is 8.20. The lowest BCUT2D eigenvalue weighted by Gasteiger charge is -2.07. The Bertz CT molecular complexity index is 138. The second-order valence-electron chi connectivity index (χ2n) is 2.07. The minimum absolute atomic E-state index is 0.223. The van der Waals surface area contributed by atoms with Crippen LogP contribution in [0, 0.1) is 0 Å². The molecule has 0 saturated carbocycles. The summed E-state index contributed by atoms with van der Waals surface area (Å²) in [7, 11) is -2.90. The van der Waals surface area contributed by atoms with Crippen molar-refractivity contribution in [1.82, 2.24) is 0 Å². The summed E-state index contributed by atoms with van der Waals surface area (Å²) >= 11 is 10.7. The van der Waals surface area contributed by atoms with Crippen molar-refractivity contribution in [3.8, 4) is 0 Å². The number of halogens is 2. The van der Waals surface area contributed by atoms with Gasteiger partial charge in [0.25, 0.3) is 0 Å². The third-order valence-electron chi connectivity index (χ3n) is 1.19. The van der Waals surface area contributed by atoms with Gasteiger partial charge in [0.05, 0.1) is 0 Å². The Balaban J connectivity index is 3.58. The van der Waals surface area contributed by atoms with Gasteiger partial charge in [-0.2, -0.15) is 0 Å². The Morgan fingerprint density at radius 1 is 1.60 bits per heavy atom. The van der Waals surface area contributed by atoms with E-state index >= 15 is 0 Å². The largest absolute Gasteiger partial charge is 0.344 e. The third-order valence-corrected chi connectivity index (χ3v) is 3.57. The lowest BCUT2D eigenvalue weighted by Crippen LogP contribution is -1.96. The fourth-order valence-corrected chi connectivity index (χ4v) is 1.96. The summed E-state index contributed by atoms with van der Waals surface area (Å²) in [6.07, 6.45) is 0.916. The summed E-state index contributed by atoms with van der Waals surface area (Å²) in [5.41, 5.74) is 0. The smallest absolute Gasteiger partial charge is 0.200 e. The molecule has 1 atom stereocenters. The lowest BCUT2D eigenvalue weighted by molar-refractivity contribution is 0.478. The average molecular weight is 205 g/mol. The molecule has 2 nitrogen and oxygen atoms in total. The molecule has 0 rings (SSSR count). The molecule has 0 aliphatic rings. The van der Waals surface area contributed by atoms with Crippen molar-refractivity contribution in [2.75, 3.05) is 12.3 Å². The normalized spacial score (nSPS) is 17.3. The molecule has 1 N–H and O–H groups in total. The SMILES string of the molecule is CCP(=O)(O)CCC(Cl)Cl. The van der Waals surface area contributed by atoms with Gasteiger partial charge in [0.15, 0.2) is 7.37 Å². The van der Waals surface area contributed by atoms with Crippen molar-refractivity contribution in [3.05, 3.63) is 0 Å². The van der Waals surface area contributed by atoms with Crippen molar-refractivity contribution >= 4 is 30.6 Å². The maximum Gasteiger partial charge on any atom is 0.200 e. The van der Waals surface area contributed by atoms with Crippen molar-refractivity contribution in [3.63, 3.8) is 0 Å². The molecular weight excluding hydrogens is 194 g/mol. The van der Waals surface area contributed by atoms with Gasteiger partial charge in [-0.1, -0.05) is 6.92 Å². The standard InChI is InChI=1S/C5H11Cl2O2P/c1-2-10(8,9)4-3-5(6)7/h5H,2-4H2,1H3,(H,8,9). The highest BCUT2D eigenvalue weighted by Gasteiger charge is 2.15. The molecule has 5 heteroatoms. The molecular formula is C5H11Cl2O2P. The fraction of sp³-hybridized carbons (Fsp3) is 1.00. The minimum Gasteiger partial charge on any atom is -0.344 e.